The Morgan fingerprint density at radius 3 is 2.35 bits per heavy atom. The highest BCUT2D eigenvalue weighted by atomic mass is 32.2. The van der Waals surface area contributed by atoms with Crippen LogP contribution in [0.4, 0.5) is 13.2 Å². The van der Waals surface area contributed by atoms with E-state index in [2.05, 4.69) is 4.98 Å². The summed E-state index contributed by atoms with van der Waals surface area (Å²) in [5.74, 6) is -0.0224. The number of aliphatic hydroxyl groups is 1. The van der Waals surface area contributed by atoms with Crippen LogP contribution in [0, 0.1) is 0 Å². The molecule has 0 saturated heterocycles. The van der Waals surface area contributed by atoms with Gasteiger partial charge in [-0.25, -0.2) is 13.4 Å². The van der Waals surface area contributed by atoms with Gasteiger partial charge in [0.25, 0.3) is 0 Å². The SMILES string of the molecule is C[C@@H](O)CCOc1ncc(C(F)(F)F)cc1-c1ccc(S(C)(=O)=O)cc1. The molecule has 1 heterocycles. The molecule has 0 unspecified atom stereocenters. The number of halogens is 3. The van der Waals surface area contributed by atoms with Gasteiger partial charge in [0.15, 0.2) is 9.84 Å². The predicted molar refractivity (Wildman–Crippen MR) is 89.6 cm³/mol. The average Bonchev–Trinajstić information content (AvgIpc) is 2.53. The Labute approximate surface area is 149 Å². The molecule has 1 aromatic carbocycles. The van der Waals surface area contributed by atoms with Crippen LogP contribution in [0.15, 0.2) is 41.4 Å². The van der Waals surface area contributed by atoms with Gasteiger partial charge in [0, 0.05) is 24.4 Å². The van der Waals surface area contributed by atoms with Crippen molar-refractivity contribution in [2.45, 2.75) is 30.5 Å². The van der Waals surface area contributed by atoms with Crippen LogP contribution in [0.3, 0.4) is 0 Å². The Bertz CT molecular complexity index is 863. The second-order valence-corrected chi connectivity index (χ2v) is 7.87. The van der Waals surface area contributed by atoms with Gasteiger partial charge in [-0.05, 0) is 30.7 Å². The summed E-state index contributed by atoms with van der Waals surface area (Å²) in [5.41, 5.74) is -0.518. The second kappa shape index (κ2) is 7.63. The summed E-state index contributed by atoms with van der Waals surface area (Å²) >= 11 is 0. The maximum atomic E-state index is 13.0. The molecule has 142 valence electrons. The number of ether oxygens (including phenoxy) is 1. The van der Waals surface area contributed by atoms with E-state index >= 15 is 0 Å². The first kappa shape index (κ1) is 20.2. The van der Waals surface area contributed by atoms with Gasteiger partial charge in [-0.1, -0.05) is 12.1 Å². The third-order valence-corrected chi connectivity index (χ3v) is 4.67. The van der Waals surface area contributed by atoms with Gasteiger partial charge in [-0.3, -0.25) is 0 Å². The Kier molecular flexibility index (Phi) is 5.92. The lowest BCUT2D eigenvalue weighted by atomic mass is 10.1. The highest BCUT2D eigenvalue weighted by Crippen LogP contribution is 2.36. The van der Waals surface area contributed by atoms with Gasteiger partial charge >= 0.3 is 6.18 Å². The van der Waals surface area contributed by atoms with E-state index in [1.165, 1.54) is 24.3 Å². The number of benzene rings is 1. The fourth-order valence-electron chi connectivity index (χ4n) is 2.14. The molecule has 0 fully saturated rings. The Hall–Kier alpha value is -2.13. The molecule has 0 spiro atoms. The molecular weight excluding hydrogens is 371 g/mol. The molecule has 0 saturated carbocycles. The normalized spacial score (nSPS) is 13.5. The maximum absolute atomic E-state index is 13.0. The van der Waals surface area contributed by atoms with E-state index in [9.17, 15) is 26.7 Å². The van der Waals surface area contributed by atoms with Crippen molar-refractivity contribution in [3.8, 4) is 17.0 Å². The van der Waals surface area contributed by atoms with Crippen LogP contribution in [-0.4, -0.2) is 37.5 Å². The lowest BCUT2D eigenvalue weighted by molar-refractivity contribution is -0.137. The number of pyridine rings is 1. The molecule has 5 nitrogen and oxygen atoms in total. The van der Waals surface area contributed by atoms with Gasteiger partial charge in [-0.2, -0.15) is 13.2 Å². The molecule has 0 aliphatic heterocycles. The van der Waals surface area contributed by atoms with Crippen molar-refractivity contribution >= 4 is 9.84 Å². The molecule has 1 atom stereocenters. The predicted octanol–water partition coefficient (Wildman–Crippen LogP) is 3.32. The number of rotatable bonds is 6. The molecule has 0 bridgehead atoms. The fourth-order valence-corrected chi connectivity index (χ4v) is 2.77. The minimum atomic E-state index is -4.58. The number of hydrogen-bond donors (Lipinski definition) is 1. The van der Waals surface area contributed by atoms with Gasteiger partial charge in [0.2, 0.25) is 5.88 Å². The smallest absolute Gasteiger partial charge is 0.417 e. The Morgan fingerprint density at radius 2 is 1.85 bits per heavy atom. The molecule has 2 aromatic rings. The van der Waals surface area contributed by atoms with Crippen molar-refractivity contribution in [2.75, 3.05) is 12.9 Å². The van der Waals surface area contributed by atoms with Crippen molar-refractivity contribution in [3.63, 3.8) is 0 Å². The molecule has 0 radical (unpaired) electrons. The van der Waals surface area contributed by atoms with Gasteiger partial charge in [-0.15, -0.1) is 0 Å². The zero-order valence-electron chi connectivity index (χ0n) is 14.1. The molecule has 0 amide bonds. The molecular formula is C17H18F3NO4S. The van der Waals surface area contributed by atoms with E-state index in [4.69, 9.17) is 4.74 Å². The Balaban J connectivity index is 2.45. The number of nitrogens with zero attached hydrogens (tertiary/aromatic N) is 1. The molecule has 0 aliphatic rings. The molecule has 2 rings (SSSR count). The standard InChI is InChI=1S/C17H18F3NO4S/c1-11(22)7-8-25-16-15(9-13(10-21-16)17(18,19)20)12-3-5-14(6-4-12)26(2,23)24/h3-6,9-11,22H,7-8H2,1-2H3/t11-/m1/s1. The van der Waals surface area contributed by atoms with Gasteiger partial charge in [0.1, 0.15) is 0 Å². The summed E-state index contributed by atoms with van der Waals surface area (Å²) in [6.07, 6.45) is -3.20. The number of aromatic nitrogens is 1. The molecule has 0 aliphatic carbocycles. The summed E-state index contributed by atoms with van der Waals surface area (Å²) in [4.78, 5) is 3.80. The van der Waals surface area contributed by atoms with E-state index in [-0.39, 0.29) is 29.4 Å². The highest BCUT2D eigenvalue weighted by molar-refractivity contribution is 7.90. The van der Waals surface area contributed by atoms with Crippen molar-refractivity contribution in [2.24, 2.45) is 0 Å². The zero-order chi connectivity index (χ0) is 19.5. The van der Waals surface area contributed by atoms with Crippen molar-refractivity contribution in [3.05, 3.63) is 42.1 Å². The van der Waals surface area contributed by atoms with Crippen LogP contribution >= 0.6 is 0 Å². The van der Waals surface area contributed by atoms with E-state index in [1.54, 1.807) is 6.92 Å². The van der Waals surface area contributed by atoms with Gasteiger partial charge in [0.05, 0.1) is 23.2 Å². The molecule has 9 heteroatoms. The summed E-state index contributed by atoms with van der Waals surface area (Å²) in [5, 5.41) is 9.27. The second-order valence-electron chi connectivity index (χ2n) is 5.86. The molecule has 1 N–H and O–H groups in total. The van der Waals surface area contributed by atoms with E-state index < -0.39 is 27.7 Å². The van der Waals surface area contributed by atoms with E-state index in [0.29, 0.717) is 11.8 Å². The highest BCUT2D eigenvalue weighted by Gasteiger charge is 2.32. The first-order chi connectivity index (χ1) is 12.0. The van der Waals surface area contributed by atoms with Crippen LogP contribution in [-0.2, 0) is 16.0 Å². The topological polar surface area (TPSA) is 76.5 Å². The van der Waals surface area contributed by atoms with Crippen LogP contribution in [0.25, 0.3) is 11.1 Å². The monoisotopic (exact) mass is 389 g/mol. The lowest BCUT2D eigenvalue weighted by Crippen LogP contribution is -2.10. The van der Waals surface area contributed by atoms with Crippen molar-refractivity contribution in [1.29, 1.82) is 0 Å². The largest absolute Gasteiger partial charge is 0.477 e. The lowest BCUT2D eigenvalue weighted by Gasteiger charge is -2.14. The Morgan fingerprint density at radius 1 is 1.23 bits per heavy atom. The number of aliphatic hydroxyl groups excluding tert-OH is 1. The minimum Gasteiger partial charge on any atom is -0.477 e. The quantitative estimate of drug-likeness (QED) is 0.820. The molecule has 26 heavy (non-hydrogen) atoms. The first-order valence-corrected chi connectivity index (χ1v) is 9.56. The summed E-state index contributed by atoms with van der Waals surface area (Å²) < 4.78 is 67.5. The third-order valence-electron chi connectivity index (χ3n) is 3.55. The van der Waals surface area contributed by atoms with Crippen LogP contribution in [0.2, 0.25) is 0 Å². The van der Waals surface area contributed by atoms with Crippen LogP contribution in [0.5, 0.6) is 5.88 Å². The number of hydrogen-bond acceptors (Lipinski definition) is 5. The number of sulfone groups is 1. The third kappa shape index (κ3) is 5.18. The zero-order valence-corrected chi connectivity index (χ0v) is 14.9. The minimum absolute atomic E-state index is 0.0224. The fraction of sp³-hybridized carbons (Fsp3) is 0.353. The summed E-state index contributed by atoms with van der Waals surface area (Å²) in [7, 11) is -3.42. The maximum Gasteiger partial charge on any atom is 0.417 e. The van der Waals surface area contributed by atoms with E-state index in [0.717, 1.165) is 12.3 Å². The van der Waals surface area contributed by atoms with E-state index in [1.807, 2.05) is 0 Å². The summed E-state index contributed by atoms with van der Waals surface area (Å²) in [6.45, 7) is 1.64. The van der Waals surface area contributed by atoms with Crippen LogP contribution < -0.4 is 4.74 Å². The first-order valence-electron chi connectivity index (χ1n) is 7.67. The summed E-state index contributed by atoms with van der Waals surface area (Å²) in [6, 6.07) is 6.32. The number of alkyl halides is 3. The van der Waals surface area contributed by atoms with Gasteiger partial charge < -0.3 is 9.84 Å². The average molecular weight is 389 g/mol. The van der Waals surface area contributed by atoms with Crippen molar-refractivity contribution < 1.29 is 31.4 Å². The van der Waals surface area contributed by atoms with Crippen LogP contribution in [0.1, 0.15) is 18.9 Å². The molecule has 1 aromatic heterocycles. The van der Waals surface area contributed by atoms with Crippen molar-refractivity contribution in [1.82, 2.24) is 4.98 Å².